The predicted octanol–water partition coefficient (Wildman–Crippen LogP) is 1.78. The van der Waals surface area contributed by atoms with Crippen LogP contribution < -0.4 is 5.73 Å². The predicted molar refractivity (Wildman–Crippen MR) is 48.0 cm³/mol. The fourth-order valence-electron chi connectivity index (χ4n) is 1.67. The molecule has 0 saturated carbocycles. The highest BCUT2D eigenvalue weighted by molar-refractivity contribution is 6.30. The normalized spacial score (nSPS) is 27.2. The molecule has 0 aliphatic heterocycles. The quantitative estimate of drug-likeness (QED) is 0.644. The molecule has 3 N–H and O–H groups in total. The molecule has 12 heavy (non-hydrogen) atoms. The van der Waals surface area contributed by atoms with Gasteiger partial charge in [0.05, 0.1) is 6.10 Å². The maximum absolute atomic E-state index is 9.54. The number of hydrogen-bond acceptors (Lipinski definition) is 2. The molecule has 0 heterocycles. The Morgan fingerprint density at radius 1 is 1.42 bits per heavy atom. The third-order valence-electron chi connectivity index (χ3n) is 2.28. The first kappa shape index (κ1) is 8.05. The summed E-state index contributed by atoms with van der Waals surface area (Å²) in [4.78, 5) is 0. The Labute approximate surface area is 76.0 Å². The van der Waals surface area contributed by atoms with E-state index in [4.69, 9.17) is 17.3 Å². The van der Waals surface area contributed by atoms with Gasteiger partial charge in [0.2, 0.25) is 0 Å². The van der Waals surface area contributed by atoms with E-state index in [1.165, 1.54) is 0 Å². The number of halogens is 1. The van der Waals surface area contributed by atoms with E-state index in [0.717, 1.165) is 11.1 Å². The molecule has 64 valence electrons. The van der Waals surface area contributed by atoms with Crippen molar-refractivity contribution >= 4 is 11.6 Å². The fraction of sp³-hybridized carbons (Fsp3) is 0.333. The van der Waals surface area contributed by atoms with Crippen LogP contribution in [-0.4, -0.2) is 5.11 Å². The lowest BCUT2D eigenvalue weighted by atomic mass is 10.1. The number of nitrogens with two attached hydrogens (primary N) is 1. The molecule has 2 rings (SSSR count). The summed E-state index contributed by atoms with van der Waals surface area (Å²) in [7, 11) is 0. The van der Waals surface area contributed by atoms with Gasteiger partial charge in [0.15, 0.2) is 0 Å². The van der Waals surface area contributed by atoms with Crippen molar-refractivity contribution in [2.75, 3.05) is 0 Å². The Morgan fingerprint density at radius 2 is 2.17 bits per heavy atom. The Kier molecular flexibility index (Phi) is 1.83. The van der Waals surface area contributed by atoms with E-state index in [1.807, 2.05) is 6.07 Å². The van der Waals surface area contributed by atoms with Crippen LogP contribution in [-0.2, 0) is 0 Å². The lowest BCUT2D eigenvalue weighted by molar-refractivity contribution is 0.173. The molecule has 2 unspecified atom stereocenters. The van der Waals surface area contributed by atoms with Gasteiger partial charge < -0.3 is 10.8 Å². The minimum absolute atomic E-state index is 0.0349. The van der Waals surface area contributed by atoms with E-state index < -0.39 is 6.10 Å². The van der Waals surface area contributed by atoms with Crippen molar-refractivity contribution in [3.05, 3.63) is 34.3 Å². The maximum Gasteiger partial charge on any atom is 0.0811 e. The van der Waals surface area contributed by atoms with Crippen LogP contribution >= 0.6 is 11.6 Å². The third-order valence-corrected chi connectivity index (χ3v) is 2.52. The largest absolute Gasteiger partial charge is 0.388 e. The van der Waals surface area contributed by atoms with Crippen LogP contribution in [0.5, 0.6) is 0 Å². The Hall–Kier alpha value is -0.570. The molecule has 1 aliphatic carbocycles. The molecule has 0 bridgehead atoms. The van der Waals surface area contributed by atoms with Crippen LogP contribution in [0.4, 0.5) is 0 Å². The molecule has 0 amide bonds. The van der Waals surface area contributed by atoms with Crippen LogP contribution in [0.15, 0.2) is 18.2 Å². The van der Waals surface area contributed by atoms with E-state index in [2.05, 4.69) is 0 Å². The molecule has 0 fully saturated rings. The van der Waals surface area contributed by atoms with Crippen molar-refractivity contribution in [3.63, 3.8) is 0 Å². The summed E-state index contributed by atoms with van der Waals surface area (Å²) in [5, 5.41) is 10.2. The first-order chi connectivity index (χ1) is 5.68. The molecule has 2 atom stereocenters. The van der Waals surface area contributed by atoms with Gasteiger partial charge in [0, 0.05) is 11.1 Å². The molecular weight excluding hydrogens is 174 g/mol. The van der Waals surface area contributed by atoms with E-state index in [-0.39, 0.29) is 6.04 Å². The minimum Gasteiger partial charge on any atom is -0.388 e. The second-order valence-electron chi connectivity index (χ2n) is 3.13. The maximum atomic E-state index is 9.54. The lowest BCUT2D eigenvalue weighted by Crippen LogP contribution is -2.05. The van der Waals surface area contributed by atoms with Crippen molar-refractivity contribution in [1.82, 2.24) is 0 Å². The van der Waals surface area contributed by atoms with Gasteiger partial charge in [0.25, 0.3) is 0 Å². The van der Waals surface area contributed by atoms with Crippen LogP contribution in [0.25, 0.3) is 0 Å². The summed E-state index contributed by atoms with van der Waals surface area (Å²) in [5.74, 6) is 0. The number of hydrogen-bond donors (Lipinski definition) is 2. The zero-order valence-electron chi connectivity index (χ0n) is 6.50. The Bertz CT molecular complexity index is 313. The highest BCUT2D eigenvalue weighted by Gasteiger charge is 2.26. The van der Waals surface area contributed by atoms with Crippen molar-refractivity contribution in [1.29, 1.82) is 0 Å². The Balaban J connectivity index is 2.53. The van der Waals surface area contributed by atoms with Gasteiger partial charge in [-0.15, -0.1) is 0 Å². The van der Waals surface area contributed by atoms with Crippen molar-refractivity contribution < 1.29 is 5.11 Å². The SMILES string of the molecule is NC1CC(O)c2cc(Cl)ccc21. The Morgan fingerprint density at radius 3 is 2.92 bits per heavy atom. The van der Waals surface area contributed by atoms with Gasteiger partial charge in [0.1, 0.15) is 0 Å². The molecule has 0 spiro atoms. The minimum atomic E-state index is -0.436. The first-order valence-corrected chi connectivity index (χ1v) is 4.29. The molecule has 0 radical (unpaired) electrons. The first-order valence-electron chi connectivity index (χ1n) is 3.91. The zero-order chi connectivity index (χ0) is 8.72. The van der Waals surface area contributed by atoms with E-state index in [0.29, 0.717) is 11.4 Å². The van der Waals surface area contributed by atoms with E-state index >= 15 is 0 Å². The number of aliphatic hydroxyl groups is 1. The second-order valence-corrected chi connectivity index (χ2v) is 3.57. The second kappa shape index (κ2) is 2.73. The van der Waals surface area contributed by atoms with Gasteiger partial charge in [-0.3, -0.25) is 0 Å². The smallest absolute Gasteiger partial charge is 0.0811 e. The number of rotatable bonds is 0. The van der Waals surface area contributed by atoms with Crippen LogP contribution in [0.2, 0.25) is 5.02 Å². The monoisotopic (exact) mass is 183 g/mol. The van der Waals surface area contributed by atoms with Gasteiger partial charge in [-0.25, -0.2) is 0 Å². The van der Waals surface area contributed by atoms with Gasteiger partial charge in [-0.1, -0.05) is 17.7 Å². The number of benzene rings is 1. The molecule has 1 aromatic carbocycles. The highest BCUT2D eigenvalue weighted by Crippen LogP contribution is 2.38. The highest BCUT2D eigenvalue weighted by atomic mass is 35.5. The zero-order valence-corrected chi connectivity index (χ0v) is 7.25. The van der Waals surface area contributed by atoms with Gasteiger partial charge >= 0.3 is 0 Å². The molecule has 2 nitrogen and oxygen atoms in total. The summed E-state index contributed by atoms with van der Waals surface area (Å²) >= 11 is 5.78. The van der Waals surface area contributed by atoms with E-state index in [9.17, 15) is 5.11 Å². The summed E-state index contributed by atoms with van der Waals surface area (Å²) < 4.78 is 0. The van der Waals surface area contributed by atoms with Crippen LogP contribution in [0, 0.1) is 0 Å². The molecule has 0 aromatic heterocycles. The number of aliphatic hydroxyl groups excluding tert-OH is 1. The topological polar surface area (TPSA) is 46.2 Å². The van der Waals surface area contributed by atoms with Crippen molar-refractivity contribution in [3.8, 4) is 0 Å². The molecule has 1 aliphatic rings. The fourth-order valence-corrected chi connectivity index (χ4v) is 1.85. The van der Waals surface area contributed by atoms with Gasteiger partial charge in [-0.2, -0.15) is 0 Å². The summed E-state index contributed by atoms with van der Waals surface area (Å²) in [6.45, 7) is 0. The average Bonchev–Trinajstić information content (AvgIpc) is 2.28. The molecular formula is C9H10ClNO. The van der Waals surface area contributed by atoms with Crippen molar-refractivity contribution in [2.24, 2.45) is 5.73 Å². The number of fused-ring (bicyclic) bond motifs is 1. The van der Waals surface area contributed by atoms with Gasteiger partial charge in [-0.05, 0) is 29.7 Å². The summed E-state index contributed by atoms with van der Waals surface area (Å²) in [6, 6.07) is 5.44. The van der Waals surface area contributed by atoms with Crippen LogP contribution in [0.3, 0.4) is 0 Å². The lowest BCUT2D eigenvalue weighted by Gasteiger charge is -2.03. The van der Waals surface area contributed by atoms with Crippen molar-refractivity contribution in [2.45, 2.75) is 18.6 Å². The summed E-state index contributed by atoms with van der Waals surface area (Å²) in [5.41, 5.74) is 7.69. The average molecular weight is 184 g/mol. The molecule has 1 aromatic rings. The molecule has 0 saturated heterocycles. The summed E-state index contributed by atoms with van der Waals surface area (Å²) in [6.07, 6.45) is 0.170. The molecule has 3 heteroatoms. The standard InChI is InChI=1S/C9H10ClNO/c10-5-1-2-6-7(3-5)9(12)4-8(6)11/h1-3,8-9,12H,4,11H2. The van der Waals surface area contributed by atoms with E-state index in [1.54, 1.807) is 12.1 Å². The third kappa shape index (κ3) is 1.12. The van der Waals surface area contributed by atoms with Crippen LogP contribution in [0.1, 0.15) is 29.7 Å².